The number of hydrogen-bond acceptors (Lipinski definition) is 6. The van der Waals surface area contributed by atoms with Gasteiger partial charge < -0.3 is 14.2 Å². The molecule has 0 aromatic heterocycles. The predicted molar refractivity (Wildman–Crippen MR) is 252 cm³/mol. The van der Waals surface area contributed by atoms with E-state index in [1.165, 1.54) is 148 Å². The Morgan fingerprint density at radius 2 is 0.610 bits per heavy atom. The van der Waals surface area contributed by atoms with E-state index in [1.807, 2.05) is 0 Å². The second-order valence-corrected chi connectivity index (χ2v) is 17.1. The van der Waals surface area contributed by atoms with Gasteiger partial charge in [-0.1, -0.05) is 205 Å². The third-order valence-corrected chi connectivity index (χ3v) is 11.1. The van der Waals surface area contributed by atoms with Crippen molar-refractivity contribution < 1.29 is 28.6 Å². The lowest BCUT2D eigenvalue weighted by atomic mass is 10.1. The highest BCUT2D eigenvalue weighted by atomic mass is 16.6. The maximum Gasteiger partial charge on any atom is 0.306 e. The Hall–Kier alpha value is -2.37. The van der Waals surface area contributed by atoms with Crippen LogP contribution in [0.2, 0.25) is 0 Å². The van der Waals surface area contributed by atoms with E-state index in [4.69, 9.17) is 14.2 Å². The third kappa shape index (κ3) is 46.5. The Morgan fingerprint density at radius 3 is 0.966 bits per heavy atom. The second kappa shape index (κ2) is 48.3. The highest BCUT2D eigenvalue weighted by Gasteiger charge is 2.19. The molecule has 0 heterocycles. The summed E-state index contributed by atoms with van der Waals surface area (Å²) in [6.45, 7) is 6.59. The summed E-state index contributed by atoms with van der Waals surface area (Å²) >= 11 is 0. The lowest BCUT2D eigenvalue weighted by Crippen LogP contribution is -2.30. The molecule has 0 fully saturated rings. The molecule has 0 radical (unpaired) electrons. The maximum atomic E-state index is 12.8. The number of rotatable bonds is 46. The number of carbonyl (C=O) groups excluding carboxylic acids is 3. The first kappa shape index (κ1) is 56.6. The molecule has 0 aromatic carbocycles. The number of esters is 3. The van der Waals surface area contributed by atoms with Gasteiger partial charge in [0.1, 0.15) is 13.2 Å². The van der Waals surface area contributed by atoms with Crippen molar-refractivity contribution in [1.82, 2.24) is 0 Å². The lowest BCUT2D eigenvalue weighted by Gasteiger charge is -2.18. The second-order valence-electron chi connectivity index (χ2n) is 17.1. The van der Waals surface area contributed by atoms with E-state index in [2.05, 4.69) is 57.2 Å². The Labute approximate surface area is 365 Å². The van der Waals surface area contributed by atoms with Gasteiger partial charge in [0.2, 0.25) is 0 Å². The van der Waals surface area contributed by atoms with Crippen molar-refractivity contribution in [1.29, 1.82) is 0 Å². The Bertz CT molecular complexity index is 1000. The van der Waals surface area contributed by atoms with E-state index in [1.54, 1.807) is 0 Å². The molecule has 344 valence electrons. The first-order valence-corrected chi connectivity index (χ1v) is 25.5. The molecule has 0 aliphatic heterocycles. The van der Waals surface area contributed by atoms with Crippen molar-refractivity contribution in [3.8, 4) is 0 Å². The lowest BCUT2D eigenvalue weighted by molar-refractivity contribution is -0.167. The monoisotopic (exact) mass is 829 g/mol. The van der Waals surface area contributed by atoms with Gasteiger partial charge in [-0.2, -0.15) is 0 Å². The number of unbranched alkanes of at least 4 members (excludes halogenated alkanes) is 29. The van der Waals surface area contributed by atoms with E-state index >= 15 is 0 Å². The van der Waals surface area contributed by atoms with Gasteiger partial charge in [-0.05, 0) is 77.0 Å². The normalized spacial score (nSPS) is 12.3. The average Bonchev–Trinajstić information content (AvgIpc) is 3.23. The van der Waals surface area contributed by atoms with Gasteiger partial charge in [0.15, 0.2) is 6.10 Å². The highest BCUT2D eigenvalue weighted by molar-refractivity contribution is 5.71. The number of ether oxygens (including phenoxy) is 3. The van der Waals surface area contributed by atoms with Crippen molar-refractivity contribution in [3.05, 3.63) is 36.5 Å². The topological polar surface area (TPSA) is 78.9 Å². The van der Waals surface area contributed by atoms with Gasteiger partial charge >= 0.3 is 17.9 Å². The van der Waals surface area contributed by atoms with E-state index in [0.29, 0.717) is 19.3 Å². The highest BCUT2D eigenvalue weighted by Crippen LogP contribution is 2.15. The Kier molecular flexibility index (Phi) is 46.4. The molecule has 59 heavy (non-hydrogen) atoms. The molecule has 0 bridgehead atoms. The SMILES string of the molecule is CCCCCC/C=C\C/C=C\CCCCCCCCCC(=O)OCC(COC(=O)CCCCCCCCCCCC)OC(=O)CCCCCCC/C=C\CCCCCC. The number of carbonyl (C=O) groups is 3. The fourth-order valence-corrected chi connectivity index (χ4v) is 7.23. The molecule has 0 aliphatic carbocycles. The number of allylic oxidation sites excluding steroid dienone is 6. The van der Waals surface area contributed by atoms with Crippen LogP contribution in [0.15, 0.2) is 36.5 Å². The summed E-state index contributed by atoms with van der Waals surface area (Å²) < 4.78 is 16.8. The third-order valence-electron chi connectivity index (χ3n) is 11.1. The van der Waals surface area contributed by atoms with Gasteiger partial charge in [-0.15, -0.1) is 0 Å². The minimum atomic E-state index is -0.775. The standard InChI is InChI=1S/C53H96O6/c1-4-7-10-13-16-19-22-24-25-26-27-28-30-31-34-37-40-43-46-52(55)58-49-50(48-57-51(54)45-42-39-36-33-21-18-15-12-9-6-3)59-53(56)47-44-41-38-35-32-29-23-20-17-14-11-8-5-2/h19-20,22-23,25-26,50H,4-18,21,24,27-49H2,1-3H3/b22-19-,23-20-,26-25-. The van der Waals surface area contributed by atoms with Crippen LogP contribution in [0.3, 0.4) is 0 Å². The Morgan fingerprint density at radius 1 is 0.339 bits per heavy atom. The van der Waals surface area contributed by atoms with E-state index in [9.17, 15) is 14.4 Å². The maximum absolute atomic E-state index is 12.8. The molecule has 0 saturated heterocycles. The number of hydrogen-bond donors (Lipinski definition) is 0. The Balaban J connectivity index is 4.33. The molecule has 0 saturated carbocycles. The largest absolute Gasteiger partial charge is 0.462 e. The summed E-state index contributed by atoms with van der Waals surface area (Å²) in [5.41, 5.74) is 0. The molecule has 0 aromatic rings. The van der Waals surface area contributed by atoms with Crippen LogP contribution in [0.5, 0.6) is 0 Å². The fourth-order valence-electron chi connectivity index (χ4n) is 7.23. The van der Waals surface area contributed by atoms with E-state index in [-0.39, 0.29) is 31.1 Å². The first-order valence-electron chi connectivity index (χ1n) is 25.5. The molecule has 0 aliphatic rings. The summed E-state index contributed by atoms with van der Waals surface area (Å²) in [7, 11) is 0. The quantitative estimate of drug-likeness (QED) is 0.0263. The van der Waals surface area contributed by atoms with Crippen molar-refractivity contribution >= 4 is 17.9 Å². The van der Waals surface area contributed by atoms with Crippen LogP contribution in [-0.4, -0.2) is 37.2 Å². The fraction of sp³-hybridized carbons (Fsp3) is 0.830. The van der Waals surface area contributed by atoms with Crippen LogP contribution in [0, 0.1) is 0 Å². The van der Waals surface area contributed by atoms with Crippen molar-refractivity contribution in [3.63, 3.8) is 0 Å². The van der Waals surface area contributed by atoms with Gasteiger partial charge in [0.25, 0.3) is 0 Å². The molecule has 1 atom stereocenters. The van der Waals surface area contributed by atoms with Crippen LogP contribution >= 0.6 is 0 Å². The summed E-state index contributed by atoms with van der Waals surface area (Å²) in [5, 5.41) is 0. The van der Waals surface area contributed by atoms with Crippen LogP contribution in [-0.2, 0) is 28.6 Å². The minimum Gasteiger partial charge on any atom is -0.462 e. The van der Waals surface area contributed by atoms with Gasteiger partial charge in [0.05, 0.1) is 0 Å². The van der Waals surface area contributed by atoms with Crippen molar-refractivity contribution in [2.75, 3.05) is 13.2 Å². The van der Waals surface area contributed by atoms with Crippen LogP contribution < -0.4 is 0 Å². The van der Waals surface area contributed by atoms with Crippen molar-refractivity contribution in [2.45, 2.75) is 271 Å². The molecule has 1 unspecified atom stereocenters. The molecular formula is C53H96O6. The van der Waals surface area contributed by atoms with Crippen LogP contribution in [0.4, 0.5) is 0 Å². The average molecular weight is 829 g/mol. The van der Waals surface area contributed by atoms with Gasteiger partial charge in [-0.25, -0.2) is 0 Å². The summed E-state index contributed by atoms with van der Waals surface area (Å²) in [4.78, 5) is 37.9. The van der Waals surface area contributed by atoms with Crippen LogP contribution in [0.1, 0.15) is 265 Å². The molecule has 6 heteroatoms. The molecule has 0 amide bonds. The first-order chi connectivity index (χ1) is 29.0. The van der Waals surface area contributed by atoms with Crippen molar-refractivity contribution in [2.24, 2.45) is 0 Å². The zero-order valence-electron chi connectivity index (χ0n) is 39.3. The summed E-state index contributed by atoms with van der Waals surface area (Å²) in [6.07, 6.45) is 55.5. The molecule has 6 nitrogen and oxygen atoms in total. The minimum absolute atomic E-state index is 0.0756. The van der Waals surface area contributed by atoms with Crippen LogP contribution in [0.25, 0.3) is 0 Å². The van der Waals surface area contributed by atoms with Gasteiger partial charge in [0, 0.05) is 19.3 Å². The molecular weight excluding hydrogens is 733 g/mol. The smallest absolute Gasteiger partial charge is 0.306 e. The molecule has 0 spiro atoms. The molecule has 0 rings (SSSR count). The van der Waals surface area contributed by atoms with E-state index in [0.717, 1.165) is 77.0 Å². The zero-order chi connectivity index (χ0) is 43.0. The molecule has 0 N–H and O–H groups in total. The predicted octanol–water partition coefficient (Wildman–Crippen LogP) is 16.5. The summed E-state index contributed by atoms with van der Waals surface area (Å²) in [5.74, 6) is -0.886. The summed E-state index contributed by atoms with van der Waals surface area (Å²) in [6, 6.07) is 0. The van der Waals surface area contributed by atoms with Gasteiger partial charge in [-0.3, -0.25) is 14.4 Å². The van der Waals surface area contributed by atoms with E-state index < -0.39 is 6.10 Å². The zero-order valence-corrected chi connectivity index (χ0v) is 39.3.